The first-order valence-electron chi connectivity index (χ1n) is 9.54. The van der Waals surface area contributed by atoms with Crippen molar-refractivity contribution in [1.29, 1.82) is 0 Å². The molecular weight excluding hydrogens is 382 g/mol. The summed E-state index contributed by atoms with van der Waals surface area (Å²) in [5.74, 6) is 0. The Labute approximate surface area is 169 Å². The maximum atomic E-state index is 12.0. The summed E-state index contributed by atoms with van der Waals surface area (Å²) in [4.78, 5) is 7.44. The molecule has 0 saturated heterocycles. The number of aromatic nitrogens is 2. The van der Waals surface area contributed by atoms with Crippen molar-refractivity contribution in [3.05, 3.63) is 87.1 Å². The molecule has 1 atom stereocenters. The van der Waals surface area contributed by atoms with Crippen LogP contribution in [0.5, 0.6) is 0 Å². The summed E-state index contributed by atoms with van der Waals surface area (Å²) in [5, 5.41) is 4.26. The zero-order valence-electron chi connectivity index (χ0n) is 16.2. The molecule has 148 valence electrons. The Bertz CT molecular complexity index is 1340. The predicted octanol–water partition coefficient (Wildman–Crippen LogP) is 1.51. The maximum Gasteiger partial charge on any atom is 0.150 e. The van der Waals surface area contributed by atoms with E-state index in [-0.39, 0.29) is 5.25 Å². The van der Waals surface area contributed by atoms with Gasteiger partial charge < -0.3 is 5.73 Å². The summed E-state index contributed by atoms with van der Waals surface area (Å²) in [7, 11) is -3.05. The lowest BCUT2D eigenvalue weighted by Crippen LogP contribution is -2.32. The van der Waals surface area contributed by atoms with E-state index >= 15 is 0 Å². The molecule has 2 aromatic carbocycles. The van der Waals surface area contributed by atoms with Crippen molar-refractivity contribution >= 4 is 27.7 Å². The number of sulfone groups is 1. The van der Waals surface area contributed by atoms with Crippen molar-refractivity contribution in [2.24, 2.45) is 0 Å². The Morgan fingerprint density at radius 1 is 0.966 bits per heavy atom. The molecule has 0 saturated carbocycles. The number of anilines is 1. The SMILES string of the molecule is CS(=O)(=O)C1CC=c2c(N)cc3c(c2C1)CC=c1ccccc1=3.c1cnccn1. The number of nitrogens with zero attached hydrogens (tertiary/aromatic N) is 2. The van der Waals surface area contributed by atoms with E-state index in [9.17, 15) is 8.42 Å². The van der Waals surface area contributed by atoms with E-state index < -0.39 is 9.84 Å². The fourth-order valence-electron chi connectivity index (χ4n) is 4.04. The van der Waals surface area contributed by atoms with E-state index in [4.69, 9.17) is 5.73 Å². The Morgan fingerprint density at radius 3 is 2.31 bits per heavy atom. The summed E-state index contributed by atoms with van der Waals surface area (Å²) in [6, 6.07) is 10.3. The first kappa shape index (κ1) is 19.3. The molecule has 0 radical (unpaired) electrons. The molecule has 3 aromatic rings. The van der Waals surface area contributed by atoms with Crippen LogP contribution in [0.1, 0.15) is 17.5 Å². The molecule has 1 heterocycles. The van der Waals surface area contributed by atoms with E-state index in [1.165, 1.54) is 22.3 Å². The highest BCUT2D eigenvalue weighted by Gasteiger charge is 2.26. The highest BCUT2D eigenvalue weighted by atomic mass is 32.2. The molecule has 1 aromatic heterocycles. The van der Waals surface area contributed by atoms with Gasteiger partial charge in [0.05, 0.1) is 5.25 Å². The number of fused-ring (bicyclic) bond motifs is 4. The van der Waals surface area contributed by atoms with Crippen molar-refractivity contribution in [3.8, 4) is 0 Å². The molecule has 0 fully saturated rings. The second-order valence-electron chi connectivity index (χ2n) is 7.37. The van der Waals surface area contributed by atoms with Crippen molar-refractivity contribution in [3.63, 3.8) is 0 Å². The minimum Gasteiger partial charge on any atom is -0.398 e. The lowest BCUT2D eigenvalue weighted by molar-refractivity contribution is 0.583. The monoisotopic (exact) mass is 405 g/mol. The fraction of sp³-hybridized carbons (Fsp3) is 0.217. The highest BCUT2D eigenvalue weighted by molar-refractivity contribution is 7.91. The summed E-state index contributed by atoms with van der Waals surface area (Å²) in [5.41, 5.74) is 9.39. The van der Waals surface area contributed by atoms with Gasteiger partial charge in [-0.2, -0.15) is 0 Å². The number of hydrogen-bond acceptors (Lipinski definition) is 5. The molecule has 1 unspecified atom stereocenters. The summed E-state index contributed by atoms with van der Waals surface area (Å²) < 4.78 is 24.0. The quantitative estimate of drug-likeness (QED) is 0.620. The molecule has 2 aliphatic carbocycles. The minimum atomic E-state index is -3.05. The van der Waals surface area contributed by atoms with Gasteiger partial charge >= 0.3 is 0 Å². The van der Waals surface area contributed by atoms with Crippen LogP contribution in [0.15, 0.2) is 55.1 Å². The van der Waals surface area contributed by atoms with Crippen LogP contribution in [0, 0.1) is 10.4 Å². The molecule has 6 heteroatoms. The van der Waals surface area contributed by atoms with Crippen LogP contribution in [0.25, 0.3) is 12.2 Å². The van der Waals surface area contributed by atoms with E-state index in [1.807, 2.05) is 18.2 Å². The lowest BCUT2D eigenvalue weighted by atomic mass is 9.88. The summed E-state index contributed by atoms with van der Waals surface area (Å²) in [6.45, 7) is 0. The summed E-state index contributed by atoms with van der Waals surface area (Å²) >= 11 is 0. The molecule has 2 aliphatic rings. The molecule has 2 N–H and O–H groups in total. The van der Waals surface area contributed by atoms with Crippen molar-refractivity contribution < 1.29 is 8.42 Å². The smallest absolute Gasteiger partial charge is 0.150 e. The third-order valence-corrected chi connectivity index (χ3v) is 7.07. The normalized spacial score (nSPS) is 16.7. The Morgan fingerprint density at radius 2 is 1.66 bits per heavy atom. The number of benzene rings is 2. The van der Waals surface area contributed by atoms with Gasteiger partial charge in [-0.15, -0.1) is 0 Å². The molecule has 0 bridgehead atoms. The van der Waals surface area contributed by atoms with Crippen LogP contribution in [0.3, 0.4) is 0 Å². The van der Waals surface area contributed by atoms with Crippen molar-refractivity contribution in [2.45, 2.75) is 24.5 Å². The molecule has 0 spiro atoms. The Balaban J connectivity index is 0.000000294. The van der Waals surface area contributed by atoms with Gasteiger partial charge in [0, 0.05) is 36.7 Å². The zero-order chi connectivity index (χ0) is 20.4. The Hall–Kier alpha value is -2.99. The van der Waals surface area contributed by atoms with E-state index in [2.05, 4.69) is 34.2 Å². The van der Waals surface area contributed by atoms with Gasteiger partial charge in [0.25, 0.3) is 0 Å². The first-order valence-corrected chi connectivity index (χ1v) is 11.5. The second kappa shape index (κ2) is 7.79. The molecular formula is C23H23N3O2S. The number of rotatable bonds is 1. The van der Waals surface area contributed by atoms with E-state index in [0.29, 0.717) is 12.8 Å². The predicted molar refractivity (Wildman–Crippen MR) is 116 cm³/mol. The lowest BCUT2D eigenvalue weighted by Gasteiger charge is -2.23. The Kier molecular flexibility index (Phi) is 5.20. The van der Waals surface area contributed by atoms with Crippen molar-refractivity contribution in [1.82, 2.24) is 9.97 Å². The van der Waals surface area contributed by atoms with Gasteiger partial charge in [0.15, 0.2) is 9.84 Å². The number of nitrogen functional groups attached to an aromatic ring is 1. The third kappa shape index (κ3) is 3.93. The average molecular weight is 406 g/mol. The van der Waals surface area contributed by atoms with Crippen LogP contribution in [-0.4, -0.2) is 29.9 Å². The van der Waals surface area contributed by atoms with Crippen LogP contribution in [-0.2, 0) is 22.7 Å². The van der Waals surface area contributed by atoms with E-state index in [0.717, 1.165) is 28.1 Å². The summed E-state index contributed by atoms with van der Waals surface area (Å²) in [6.07, 6.45) is 14.1. The average Bonchev–Trinajstić information content (AvgIpc) is 2.74. The minimum absolute atomic E-state index is 0.335. The third-order valence-electron chi connectivity index (χ3n) is 5.50. The van der Waals surface area contributed by atoms with Gasteiger partial charge in [0.1, 0.15) is 0 Å². The van der Waals surface area contributed by atoms with Crippen LogP contribution in [0.2, 0.25) is 0 Å². The van der Waals surface area contributed by atoms with Gasteiger partial charge in [-0.25, -0.2) is 8.42 Å². The molecule has 5 nitrogen and oxygen atoms in total. The first-order chi connectivity index (χ1) is 13.9. The van der Waals surface area contributed by atoms with Gasteiger partial charge in [0.2, 0.25) is 0 Å². The van der Waals surface area contributed by atoms with E-state index in [1.54, 1.807) is 24.8 Å². The maximum absolute atomic E-state index is 12.0. The van der Waals surface area contributed by atoms with Gasteiger partial charge in [-0.1, -0.05) is 36.4 Å². The van der Waals surface area contributed by atoms with Crippen LogP contribution < -0.4 is 16.2 Å². The number of nitrogens with two attached hydrogens (primary N) is 1. The fourth-order valence-corrected chi connectivity index (χ4v) is 4.95. The number of hydrogen-bond donors (Lipinski definition) is 1. The van der Waals surface area contributed by atoms with Gasteiger partial charge in [-0.05, 0) is 57.3 Å². The molecule has 29 heavy (non-hydrogen) atoms. The second-order valence-corrected chi connectivity index (χ2v) is 9.70. The zero-order valence-corrected chi connectivity index (χ0v) is 17.1. The van der Waals surface area contributed by atoms with Crippen molar-refractivity contribution in [2.75, 3.05) is 12.0 Å². The van der Waals surface area contributed by atoms with Gasteiger partial charge in [-0.3, -0.25) is 9.97 Å². The van der Waals surface area contributed by atoms with Crippen LogP contribution in [0.4, 0.5) is 5.69 Å². The molecule has 5 rings (SSSR count). The standard InChI is InChI=1S/C19H19NO2S.C4H4N2/c1-23(21,22)13-7-9-16-17(10-13)15-8-6-12-4-2-3-5-14(12)18(15)11-19(16)20;1-2-6-4-3-5-1/h2-6,9,11,13H,7-8,10,20H2,1H3;1-4H. The highest BCUT2D eigenvalue weighted by Crippen LogP contribution is 2.23. The molecule has 0 aliphatic heterocycles. The topological polar surface area (TPSA) is 85.9 Å². The van der Waals surface area contributed by atoms with Crippen LogP contribution >= 0.6 is 0 Å². The largest absolute Gasteiger partial charge is 0.398 e. The molecule has 0 amide bonds.